The van der Waals surface area contributed by atoms with Crippen LogP contribution in [0.15, 0.2) is 28.4 Å². The van der Waals surface area contributed by atoms with E-state index in [-0.39, 0.29) is 5.91 Å². The summed E-state index contributed by atoms with van der Waals surface area (Å²) in [7, 11) is 1.73. The molecule has 3 heterocycles. The van der Waals surface area contributed by atoms with Crippen molar-refractivity contribution < 1.29 is 9.32 Å². The van der Waals surface area contributed by atoms with Gasteiger partial charge in [-0.3, -0.25) is 9.20 Å². The van der Waals surface area contributed by atoms with Crippen LogP contribution in [-0.4, -0.2) is 32.4 Å². The van der Waals surface area contributed by atoms with Gasteiger partial charge < -0.3 is 9.42 Å². The van der Waals surface area contributed by atoms with Crippen LogP contribution in [0, 0.1) is 0 Å². The quantitative estimate of drug-likeness (QED) is 0.739. The molecule has 104 valence electrons. The maximum Gasteiger partial charge on any atom is 0.274 e. The van der Waals surface area contributed by atoms with E-state index in [1.165, 1.54) is 11.3 Å². The zero-order valence-electron chi connectivity index (χ0n) is 11.2. The summed E-state index contributed by atoms with van der Waals surface area (Å²) < 4.78 is 7.03. The number of imidazole rings is 1. The molecule has 1 amide bonds. The molecule has 0 saturated heterocycles. The predicted octanol–water partition coefficient (Wildman–Crippen LogP) is 2.22. The summed E-state index contributed by atoms with van der Waals surface area (Å²) in [6.45, 7) is 2.39. The van der Waals surface area contributed by atoms with Gasteiger partial charge in [0.05, 0.1) is 12.2 Å². The van der Waals surface area contributed by atoms with Crippen LogP contribution in [0.2, 0.25) is 0 Å². The minimum atomic E-state index is -0.129. The van der Waals surface area contributed by atoms with Gasteiger partial charge in [-0.2, -0.15) is 0 Å². The van der Waals surface area contributed by atoms with Crippen molar-refractivity contribution in [3.05, 3.63) is 41.0 Å². The lowest BCUT2D eigenvalue weighted by atomic mass is 10.3. The van der Waals surface area contributed by atoms with E-state index in [9.17, 15) is 4.79 Å². The van der Waals surface area contributed by atoms with E-state index in [0.29, 0.717) is 18.0 Å². The van der Waals surface area contributed by atoms with Crippen LogP contribution >= 0.6 is 11.3 Å². The topological polar surface area (TPSA) is 63.6 Å². The summed E-state index contributed by atoms with van der Waals surface area (Å²) in [5.41, 5.74) is 1.33. The highest BCUT2D eigenvalue weighted by atomic mass is 32.1. The van der Waals surface area contributed by atoms with E-state index in [1.54, 1.807) is 18.1 Å². The van der Waals surface area contributed by atoms with Crippen LogP contribution in [0.4, 0.5) is 0 Å². The Kier molecular flexibility index (Phi) is 3.27. The second kappa shape index (κ2) is 5.09. The Labute approximate surface area is 119 Å². The van der Waals surface area contributed by atoms with E-state index >= 15 is 0 Å². The SMILES string of the molecule is CCc1cc(CN(C)C(=O)c2cn3ccsc3n2)on1. The fourth-order valence-electron chi connectivity index (χ4n) is 1.93. The van der Waals surface area contributed by atoms with Gasteiger partial charge in [-0.05, 0) is 6.42 Å². The van der Waals surface area contributed by atoms with Crippen LogP contribution in [0.3, 0.4) is 0 Å². The Morgan fingerprint density at radius 3 is 3.10 bits per heavy atom. The lowest BCUT2D eigenvalue weighted by molar-refractivity contribution is 0.0767. The van der Waals surface area contributed by atoms with Gasteiger partial charge >= 0.3 is 0 Å². The van der Waals surface area contributed by atoms with Gasteiger partial charge in [-0.1, -0.05) is 12.1 Å². The molecule has 0 aliphatic heterocycles. The molecule has 0 aliphatic rings. The number of rotatable bonds is 4. The van der Waals surface area contributed by atoms with Gasteiger partial charge in [0, 0.05) is 30.9 Å². The number of carbonyl (C=O) groups is 1. The molecule has 20 heavy (non-hydrogen) atoms. The van der Waals surface area contributed by atoms with Crippen molar-refractivity contribution in [2.75, 3.05) is 7.05 Å². The number of thiazole rings is 1. The van der Waals surface area contributed by atoms with Gasteiger partial charge in [0.15, 0.2) is 10.7 Å². The molecule has 0 bridgehead atoms. The van der Waals surface area contributed by atoms with Crippen molar-refractivity contribution in [1.82, 2.24) is 19.4 Å². The molecule has 0 aromatic carbocycles. The first-order chi connectivity index (χ1) is 9.67. The maximum atomic E-state index is 12.3. The Morgan fingerprint density at radius 1 is 1.55 bits per heavy atom. The molecule has 7 heteroatoms. The second-order valence-corrected chi connectivity index (χ2v) is 5.39. The largest absolute Gasteiger partial charge is 0.359 e. The Balaban J connectivity index is 1.74. The molecule has 0 fully saturated rings. The second-order valence-electron chi connectivity index (χ2n) is 4.52. The first-order valence-electron chi connectivity index (χ1n) is 6.29. The molecule has 3 aromatic heterocycles. The molecule has 0 unspecified atom stereocenters. The molecule has 3 aromatic rings. The van der Waals surface area contributed by atoms with E-state index < -0.39 is 0 Å². The Bertz CT molecular complexity index is 714. The number of aromatic nitrogens is 3. The van der Waals surface area contributed by atoms with Crippen LogP contribution in [0.25, 0.3) is 4.96 Å². The number of fused-ring (bicyclic) bond motifs is 1. The third kappa shape index (κ3) is 2.32. The maximum absolute atomic E-state index is 12.3. The highest BCUT2D eigenvalue weighted by Gasteiger charge is 2.17. The van der Waals surface area contributed by atoms with Crippen molar-refractivity contribution in [3.8, 4) is 0 Å². The first-order valence-corrected chi connectivity index (χ1v) is 7.17. The molecule has 6 nitrogen and oxygen atoms in total. The third-order valence-electron chi connectivity index (χ3n) is 3.02. The van der Waals surface area contributed by atoms with Crippen molar-refractivity contribution in [3.63, 3.8) is 0 Å². The molecule has 3 rings (SSSR count). The van der Waals surface area contributed by atoms with E-state index in [1.807, 2.05) is 29.0 Å². The van der Waals surface area contributed by atoms with Crippen LogP contribution in [0.5, 0.6) is 0 Å². The van der Waals surface area contributed by atoms with Gasteiger partial charge in [0.2, 0.25) is 0 Å². The average molecular weight is 290 g/mol. The van der Waals surface area contributed by atoms with Crippen LogP contribution in [-0.2, 0) is 13.0 Å². The van der Waals surface area contributed by atoms with Crippen molar-refractivity contribution in [2.24, 2.45) is 0 Å². The summed E-state index contributed by atoms with van der Waals surface area (Å²) in [4.78, 5) is 19.0. The minimum absolute atomic E-state index is 0.129. The number of aryl methyl sites for hydroxylation is 1. The van der Waals surface area contributed by atoms with E-state index in [0.717, 1.165) is 17.1 Å². The number of hydrogen-bond acceptors (Lipinski definition) is 5. The summed E-state index contributed by atoms with van der Waals surface area (Å²) >= 11 is 1.50. The smallest absolute Gasteiger partial charge is 0.274 e. The number of carbonyl (C=O) groups excluding carboxylic acids is 1. The zero-order valence-corrected chi connectivity index (χ0v) is 12.1. The molecular weight excluding hydrogens is 276 g/mol. The van der Waals surface area contributed by atoms with E-state index in [2.05, 4.69) is 10.1 Å². The van der Waals surface area contributed by atoms with Gasteiger partial charge in [-0.15, -0.1) is 11.3 Å². The molecule has 0 atom stereocenters. The molecule has 0 N–H and O–H groups in total. The molecule has 0 spiro atoms. The van der Waals surface area contributed by atoms with Crippen LogP contribution < -0.4 is 0 Å². The fourth-order valence-corrected chi connectivity index (χ4v) is 2.63. The number of hydrogen-bond donors (Lipinski definition) is 0. The lowest BCUT2D eigenvalue weighted by Crippen LogP contribution is -2.26. The van der Waals surface area contributed by atoms with Gasteiger partial charge in [0.25, 0.3) is 5.91 Å². The summed E-state index contributed by atoms with van der Waals surface area (Å²) in [5, 5.41) is 5.85. The fraction of sp³-hybridized carbons (Fsp3) is 0.308. The Hall–Kier alpha value is -2.15. The highest BCUT2D eigenvalue weighted by Crippen LogP contribution is 2.14. The van der Waals surface area contributed by atoms with Gasteiger partial charge in [0.1, 0.15) is 5.69 Å². The number of nitrogens with zero attached hydrogens (tertiary/aromatic N) is 4. The lowest BCUT2D eigenvalue weighted by Gasteiger charge is -2.13. The molecule has 0 saturated carbocycles. The Morgan fingerprint density at radius 2 is 2.40 bits per heavy atom. The zero-order chi connectivity index (χ0) is 14.1. The number of amides is 1. The minimum Gasteiger partial charge on any atom is -0.359 e. The summed E-state index contributed by atoms with van der Waals surface area (Å²) in [6, 6.07) is 1.87. The van der Waals surface area contributed by atoms with E-state index in [4.69, 9.17) is 4.52 Å². The van der Waals surface area contributed by atoms with Crippen molar-refractivity contribution in [1.29, 1.82) is 0 Å². The summed E-state index contributed by atoms with van der Waals surface area (Å²) in [6.07, 6.45) is 4.44. The van der Waals surface area contributed by atoms with Crippen molar-refractivity contribution in [2.45, 2.75) is 19.9 Å². The highest BCUT2D eigenvalue weighted by molar-refractivity contribution is 7.15. The molecular formula is C13H14N4O2S. The average Bonchev–Trinajstić information content (AvgIpc) is 3.12. The standard InChI is InChI=1S/C13H14N4O2S/c1-3-9-6-10(19-15-9)7-16(2)12(18)11-8-17-4-5-20-13(17)14-11/h4-6,8H,3,7H2,1-2H3. The van der Waals surface area contributed by atoms with Gasteiger partial charge in [-0.25, -0.2) is 4.98 Å². The molecule has 0 radical (unpaired) electrons. The van der Waals surface area contributed by atoms with Crippen molar-refractivity contribution >= 4 is 22.2 Å². The van der Waals surface area contributed by atoms with Crippen LogP contribution in [0.1, 0.15) is 28.9 Å². The monoisotopic (exact) mass is 290 g/mol. The molecule has 0 aliphatic carbocycles. The first kappa shape index (κ1) is 12.9. The predicted molar refractivity (Wildman–Crippen MR) is 74.7 cm³/mol. The summed E-state index contributed by atoms with van der Waals surface area (Å²) in [5.74, 6) is 0.550. The normalized spacial score (nSPS) is 11.1. The third-order valence-corrected chi connectivity index (χ3v) is 3.79.